The van der Waals surface area contributed by atoms with Crippen LogP contribution < -0.4 is 20.7 Å². The van der Waals surface area contributed by atoms with E-state index >= 15 is 0 Å². The molecule has 0 aromatic heterocycles. The number of benzene rings is 2. The Kier molecular flexibility index (Phi) is 8.86. The van der Waals surface area contributed by atoms with Gasteiger partial charge in [-0.1, -0.05) is 18.2 Å². The number of carbonyl (C=O) groups excluding carboxylic acids is 1. The summed E-state index contributed by atoms with van der Waals surface area (Å²) in [5.41, 5.74) is 2.50. The van der Waals surface area contributed by atoms with E-state index in [1.807, 2.05) is 32.0 Å². The minimum Gasteiger partial charge on any atom is -0.493 e. The number of hydrogen-bond acceptors (Lipinski definition) is 4. The van der Waals surface area contributed by atoms with Gasteiger partial charge in [0.1, 0.15) is 11.6 Å². The van der Waals surface area contributed by atoms with Crippen LogP contribution in [0.5, 0.6) is 5.75 Å². The van der Waals surface area contributed by atoms with E-state index in [1.165, 1.54) is 12.1 Å². The van der Waals surface area contributed by atoms with Gasteiger partial charge < -0.3 is 25.4 Å². The fourth-order valence-electron chi connectivity index (χ4n) is 3.29. The summed E-state index contributed by atoms with van der Waals surface area (Å²) in [6, 6.07) is 11.8. The Labute approximate surface area is 188 Å². The number of hydrogen-bond donors (Lipinski definition) is 3. The van der Waals surface area contributed by atoms with Gasteiger partial charge in [0.25, 0.3) is 0 Å². The number of amides is 1. The second-order valence-electron chi connectivity index (χ2n) is 7.76. The van der Waals surface area contributed by atoms with Crippen LogP contribution in [-0.2, 0) is 16.1 Å². The SMILES string of the molecule is CCNC(=NCc1ccc(C)cc1OCC1CCOC1)NCC(=O)Nc1cccc(F)c1. The number of carbonyl (C=O) groups is 1. The average Bonchev–Trinajstić information content (AvgIpc) is 3.29. The summed E-state index contributed by atoms with van der Waals surface area (Å²) in [6.45, 7) is 7.19. The van der Waals surface area contributed by atoms with Gasteiger partial charge in [-0.05, 0) is 50.1 Å². The molecule has 2 aromatic rings. The molecule has 1 aliphatic rings. The largest absolute Gasteiger partial charge is 0.493 e. The smallest absolute Gasteiger partial charge is 0.243 e. The quantitative estimate of drug-likeness (QED) is 0.410. The van der Waals surface area contributed by atoms with E-state index in [1.54, 1.807) is 12.1 Å². The van der Waals surface area contributed by atoms with Gasteiger partial charge in [-0.3, -0.25) is 4.79 Å². The van der Waals surface area contributed by atoms with Crippen LogP contribution in [0.2, 0.25) is 0 Å². The summed E-state index contributed by atoms with van der Waals surface area (Å²) in [5.74, 6) is 1.06. The summed E-state index contributed by atoms with van der Waals surface area (Å²) in [7, 11) is 0. The highest BCUT2D eigenvalue weighted by atomic mass is 19.1. The summed E-state index contributed by atoms with van der Waals surface area (Å²) in [4.78, 5) is 16.8. The maximum Gasteiger partial charge on any atom is 0.243 e. The minimum atomic E-state index is -0.401. The van der Waals surface area contributed by atoms with Crippen molar-refractivity contribution >= 4 is 17.6 Å². The molecule has 1 amide bonds. The lowest BCUT2D eigenvalue weighted by atomic mass is 10.1. The second kappa shape index (κ2) is 12.0. The number of aliphatic imine (C=N–C) groups is 1. The summed E-state index contributed by atoms with van der Waals surface area (Å²) in [5, 5.41) is 8.80. The molecular weight excluding hydrogens is 411 g/mol. The Morgan fingerprint density at radius 1 is 1.25 bits per heavy atom. The molecule has 1 aliphatic heterocycles. The Bertz CT molecular complexity index is 929. The number of rotatable bonds is 9. The van der Waals surface area contributed by atoms with Gasteiger partial charge in [0, 0.05) is 30.3 Å². The van der Waals surface area contributed by atoms with Crippen LogP contribution in [-0.4, -0.2) is 44.8 Å². The number of anilines is 1. The van der Waals surface area contributed by atoms with Crippen LogP contribution in [0.4, 0.5) is 10.1 Å². The van der Waals surface area contributed by atoms with Crippen molar-refractivity contribution in [1.82, 2.24) is 10.6 Å². The zero-order valence-corrected chi connectivity index (χ0v) is 18.6. The lowest BCUT2D eigenvalue weighted by molar-refractivity contribution is -0.115. The van der Waals surface area contributed by atoms with Crippen molar-refractivity contribution in [2.75, 3.05) is 38.2 Å². The fourth-order valence-corrected chi connectivity index (χ4v) is 3.29. The molecule has 3 rings (SSSR count). The highest BCUT2D eigenvalue weighted by Gasteiger charge is 2.17. The summed E-state index contributed by atoms with van der Waals surface area (Å²) < 4.78 is 24.8. The third-order valence-electron chi connectivity index (χ3n) is 5.00. The van der Waals surface area contributed by atoms with Gasteiger partial charge in [0.2, 0.25) is 5.91 Å². The van der Waals surface area contributed by atoms with Crippen LogP contribution in [0, 0.1) is 18.7 Å². The van der Waals surface area contributed by atoms with E-state index in [0.717, 1.165) is 36.5 Å². The molecule has 1 fully saturated rings. The average molecular weight is 443 g/mol. The number of nitrogens with one attached hydrogen (secondary N) is 3. The van der Waals surface area contributed by atoms with E-state index in [4.69, 9.17) is 9.47 Å². The van der Waals surface area contributed by atoms with Gasteiger partial charge in [0.15, 0.2) is 5.96 Å². The molecule has 1 heterocycles. The third-order valence-corrected chi connectivity index (χ3v) is 5.00. The van der Waals surface area contributed by atoms with Gasteiger partial charge >= 0.3 is 0 Å². The Balaban J connectivity index is 1.58. The molecule has 1 atom stereocenters. The molecule has 0 saturated carbocycles. The molecule has 1 saturated heterocycles. The molecule has 0 aliphatic carbocycles. The van der Waals surface area contributed by atoms with Crippen molar-refractivity contribution < 1.29 is 18.7 Å². The van der Waals surface area contributed by atoms with Gasteiger partial charge in [-0.2, -0.15) is 0 Å². The predicted octanol–water partition coefficient (Wildman–Crippen LogP) is 3.24. The van der Waals surface area contributed by atoms with Crippen molar-refractivity contribution in [2.45, 2.75) is 26.8 Å². The van der Waals surface area contributed by atoms with Crippen LogP contribution in [0.1, 0.15) is 24.5 Å². The molecule has 32 heavy (non-hydrogen) atoms. The van der Waals surface area contributed by atoms with Crippen LogP contribution in [0.3, 0.4) is 0 Å². The van der Waals surface area contributed by atoms with E-state index in [-0.39, 0.29) is 12.5 Å². The molecule has 3 N–H and O–H groups in total. The van der Waals surface area contributed by atoms with E-state index in [2.05, 4.69) is 20.9 Å². The van der Waals surface area contributed by atoms with Crippen molar-refractivity contribution in [2.24, 2.45) is 10.9 Å². The predicted molar refractivity (Wildman–Crippen MR) is 123 cm³/mol. The molecule has 172 valence electrons. The highest BCUT2D eigenvalue weighted by Crippen LogP contribution is 2.23. The fraction of sp³-hybridized carbons (Fsp3) is 0.417. The molecule has 0 radical (unpaired) electrons. The minimum absolute atomic E-state index is 0.00127. The zero-order chi connectivity index (χ0) is 22.8. The number of guanidine groups is 1. The van der Waals surface area contributed by atoms with Crippen molar-refractivity contribution in [3.05, 3.63) is 59.4 Å². The molecular formula is C24H31FN4O3. The van der Waals surface area contributed by atoms with Crippen molar-refractivity contribution in [1.29, 1.82) is 0 Å². The van der Waals surface area contributed by atoms with Gasteiger partial charge in [0.05, 0.1) is 26.3 Å². The molecule has 0 spiro atoms. The number of ether oxygens (including phenoxy) is 2. The lowest BCUT2D eigenvalue weighted by Gasteiger charge is -2.15. The van der Waals surface area contributed by atoms with E-state index in [9.17, 15) is 9.18 Å². The Morgan fingerprint density at radius 2 is 2.12 bits per heavy atom. The first-order chi connectivity index (χ1) is 15.5. The number of aryl methyl sites for hydroxylation is 1. The standard InChI is InChI=1S/C24H31FN4O3/c1-3-26-24(28-14-23(30)29-21-6-4-5-20(25)12-21)27-13-19-8-7-17(2)11-22(19)32-16-18-9-10-31-15-18/h4-8,11-12,18H,3,9-10,13-16H2,1-2H3,(H,29,30)(H2,26,27,28). The van der Waals surface area contributed by atoms with Gasteiger partial charge in [-0.15, -0.1) is 0 Å². The topological polar surface area (TPSA) is 84.0 Å². The maximum absolute atomic E-state index is 13.3. The number of halogens is 1. The Morgan fingerprint density at radius 3 is 2.88 bits per heavy atom. The van der Waals surface area contributed by atoms with Crippen molar-refractivity contribution in [3.63, 3.8) is 0 Å². The van der Waals surface area contributed by atoms with Crippen molar-refractivity contribution in [3.8, 4) is 5.75 Å². The van der Waals surface area contributed by atoms with E-state index < -0.39 is 5.82 Å². The molecule has 8 heteroatoms. The summed E-state index contributed by atoms with van der Waals surface area (Å²) >= 11 is 0. The zero-order valence-electron chi connectivity index (χ0n) is 18.6. The third kappa shape index (κ3) is 7.53. The molecule has 0 bridgehead atoms. The first-order valence-corrected chi connectivity index (χ1v) is 10.9. The van der Waals surface area contributed by atoms with Gasteiger partial charge in [-0.25, -0.2) is 9.38 Å². The molecule has 1 unspecified atom stereocenters. The Hall–Kier alpha value is -3.13. The first kappa shape index (κ1) is 23.5. The second-order valence-corrected chi connectivity index (χ2v) is 7.76. The monoisotopic (exact) mass is 442 g/mol. The summed E-state index contributed by atoms with van der Waals surface area (Å²) in [6.07, 6.45) is 1.02. The number of nitrogens with zero attached hydrogens (tertiary/aromatic N) is 1. The first-order valence-electron chi connectivity index (χ1n) is 10.9. The van der Waals surface area contributed by atoms with E-state index in [0.29, 0.717) is 37.3 Å². The molecule has 2 aromatic carbocycles. The van der Waals surface area contributed by atoms with Crippen LogP contribution in [0.25, 0.3) is 0 Å². The van der Waals surface area contributed by atoms with Crippen LogP contribution >= 0.6 is 0 Å². The highest BCUT2D eigenvalue weighted by molar-refractivity contribution is 5.94. The lowest BCUT2D eigenvalue weighted by Crippen LogP contribution is -2.41. The maximum atomic E-state index is 13.3. The molecule has 7 nitrogen and oxygen atoms in total. The normalized spacial score (nSPS) is 16.0. The van der Waals surface area contributed by atoms with Crippen LogP contribution in [0.15, 0.2) is 47.5 Å².